The minimum Gasteiger partial charge on any atom is -0.349 e. The molecule has 0 amide bonds. The minimum atomic E-state index is 0.351. The van der Waals surface area contributed by atoms with Crippen molar-refractivity contribution < 1.29 is 0 Å². The second-order valence-corrected chi connectivity index (χ2v) is 6.39. The molecule has 1 atom stereocenters. The Kier molecular flexibility index (Phi) is 5.76. The van der Waals surface area contributed by atoms with Crippen molar-refractivity contribution in [2.45, 2.75) is 40.3 Å². The molecule has 0 aliphatic carbocycles. The lowest BCUT2D eigenvalue weighted by molar-refractivity contribution is 0.578. The Labute approximate surface area is 132 Å². The summed E-state index contributed by atoms with van der Waals surface area (Å²) in [5.41, 5.74) is 2.63. The van der Waals surface area contributed by atoms with Gasteiger partial charge in [-0.1, -0.05) is 29.8 Å². The summed E-state index contributed by atoms with van der Waals surface area (Å²) in [6.07, 6.45) is 1.99. The van der Waals surface area contributed by atoms with Crippen LogP contribution in [0.2, 0.25) is 0 Å². The summed E-state index contributed by atoms with van der Waals surface area (Å²) in [4.78, 5) is 8.10. The van der Waals surface area contributed by atoms with Gasteiger partial charge in [0.2, 0.25) is 0 Å². The Morgan fingerprint density at radius 3 is 2.48 bits per heavy atom. The summed E-state index contributed by atoms with van der Waals surface area (Å²) in [7, 11) is 0. The molecule has 0 saturated carbocycles. The molecule has 0 spiro atoms. The van der Waals surface area contributed by atoms with Gasteiger partial charge in [0.1, 0.15) is 0 Å². The lowest BCUT2D eigenvalue weighted by Crippen LogP contribution is -2.21. The highest BCUT2D eigenvalue weighted by Crippen LogP contribution is 2.23. The molecule has 2 aromatic rings. The van der Waals surface area contributed by atoms with Crippen LogP contribution in [0.15, 0.2) is 30.5 Å². The predicted octanol–water partition coefficient (Wildman–Crippen LogP) is 4.15. The summed E-state index contributed by atoms with van der Waals surface area (Å²) in [5.74, 6) is 0. The first-order chi connectivity index (χ1) is 10.1. The fourth-order valence-corrected chi connectivity index (χ4v) is 3.23. The Morgan fingerprint density at radius 2 is 1.86 bits per heavy atom. The summed E-state index contributed by atoms with van der Waals surface area (Å²) < 4.78 is 0. The summed E-state index contributed by atoms with van der Waals surface area (Å²) in [6.45, 7) is 11.6. The van der Waals surface area contributed by atoms with Gasteiger partial charge in [-0.3, -0.25) is 0 Å². The maximum absolute atomic E-state index is 4.52. The SMILES string of the molecule is CCN(CC)c1ncc(CN[C@@H](C)c2ccc(C)cc2)s1. The van der Waals surface area contributed by atoms with Crippen molar-refractivity contribution in [3.8, 4) is 0 Å². The van der Waals surface area contributed by atoms with Gasteiger partial charge >= 0.3 is 0 Å². The van der Waals surface area contributed by atoms with E-state index in [0.29, 0.717) is 6.04 Å². The number of aromatic nitrogens is 1. The molecule has 0 aliphatic heterocycles. The molecular formula is C17H25N3S. The van der Waals surface area contributed by atoms with E-state index >= 15 is 0 Å². The van der Waals surface area contributed by atoms with Gasteiger partial charge in [-0.2, -0.15) is 0 Å². The van der Waals surface area contributed by atoms with Crippen molar-refractivity contribution in [1.29, 1.82) is 0 Å². The van der Waals surface area contributed by atoms with Gasteiger partial charge in [0.05, 0.1) is 0 Å². The number of benzene rings is 1. The quantitative estimate of drug-likeness (QED) is 0.833. The highest BCUT2D eigenvalue weighted by atomic mass is 32.1. The highest BCUT2D eigenvalue weighted by Gasteiger charge is 2.09. The second-order valence-electron chi connectivity index (χ2n) is 5.29. The van der Waals surface area contributed by atoms with E-state index in [1.807, 2.05) is 6.20 Å². The van der Waals surface area contributed by atoms with Gasteiger partial charge in [0, 0.05) is 36.8 Å². The van der Waals surface area contributed by atoms with E-state index in [-0.39, 0.29) is 0 Å². The molecule has 4 heteroatoms. The molecule has 3 nitrogen and oxygen atoms in total. The van der Waals surface area contributed by atoms with Crippen LogP contribution < -0.4 is 10.2 Å². The molecule has 1 N–H and O–H groups in total. The van der Waals surface area contributed by atoms with Crippen LogP contribution >= 0.6 is 11.3 Å². The highest BCUT2D eigenvalue weighted by molar-refractivity contribution is 7.15. The van der Waals surface area contributed by atoms with Gasteiger partial charge in [0.15, 0.2) is 5.13 Å². The first-order valence-electron chi connectivity index (χ1n) is 7.63. The van der Waals surface area contributed by atoms with E-state index in [2.05, 4.69) is 67.2 Å². The predicted molar refractivity (Wildman–Crippen MR) is 92.1 cm³/mol. The molecule has 0 unspecified atom stereocenters. The fraction of sp³-hybridized carbons (Fsp3) is 0.471. The Bertz CT molecular complexity index is 543. The first-order valence-corrected chi connectivity index (χ1v) is 8.45. The first kappa shape index (κ1) is 16.0. The molecule has 0 fully saturated rings. The molecule has 1 aromatic carbocycles. The molecule has 0 saturated heterocycles. The van der Waals surface area contributed by atoms with E-state index in [0.717, 1.165) is 24.8 Å². The van der Waals surface area contributed by atoms with Gasteiger partial charge in [-0.25, -0.2) is 4.98 Å². The normalized spacial score (nSPS) is 12.4. The molecule has 0 aliphatic rings. The van der Waals surface area contributed by atoms with Crippen molar-refractivity contribution in [3.05, 3.63) is 46.5 Å². The number of hydrogen-bond acceptors (Lipinski definition) is 4. The van der Waals surface area contributed by atoms with Crippen LogP contribution in [0, 0.1) is 6.92 Å². The number of anilines is 1. The van der Waals surface area contributed by atoms with Crippen LogP contribution in [-0.2, 0) is 6.54 Å². The zero-order valence-electron chi connectivity index (χ0n) is 13.4. The maximum Gasteiger partial charge on any atom is 0.185 e. The number of nitrogens with zero attached hydrogens (tertiary/aromatic N) is 2. The average molecular weight is 303 g/mol. The van der Waals surface area contributed by atoms with Crippen molar-refractivity contribution in [1.82, 2.24) is 10.3 Å². The van der Waals surface area contributed by atoms with Crippen LogP contribution in [-0.4, -0.2) is 18.1 Å². The second kappa shape index (κ2) is 7.57. The van der Waals surface area contributed by atoms with Crippen molar-refractivity contribution in [3.63, 3.8) is 0 Å². The van der Waals surface area contributed by atoms with Crippen molar-refractivity contribution in [2.75, 3.05) is 18.0 Å². The third-order valence-corrected chi connectivity index (χ3v) is 4.79. The van der Waals surface area contributed by atoms with Gasteiger partial charge in [0.25, 0.3) is 0 Å². The van der Waals surface area contributed by atoms with E-state index in [9.17, 15) is 0 Å². The topological polar surface area (TPSA) is 28.2 Å². The van der Waals surface area contributed by atoms with Crippen LogP contribution in [0.5, 0.6) is 0 Å². The van der Waals surface area contributed by atoms with Crippen molar-refractivity contribution in [2.24, 2.45) is 0 Å². The van der Waals surface area contributed by atoms with E-state index in [1.165, 1.54) is 16.0 Å². The third kappa shape index (κ3) is 4.29. The van der Waals surface area contributed by atoms with E-state index < -0.39 is 0 Å². The molecule has 21 heavy (non-hydrogen) atoms. The monoisotopic (exact) mass is 303 g/mol. The Hall–Kier alpha value is -1.39. The standard InChI is InChI=1S/C17H25N3S/c1-5-20(6-2)17-19-12-16(21-17)11-18-14(4)15-9-7-13(3)8-10-15/h7-10,12,14,18H,5-6,11H2,1-4H3/t14-/m0/s1. The van der Waals surface area contributed by atoms with Crippen molar-refractivity contribution >= 4 is 16.5 Å². The molecule has 1 aromatic heterocycles. The number of rotatable bonds is 7. The zero-order chi connectivity index (χ0) is 15.2. The smallest absolute Gasteiger partial charge is 0.185 e. The lowest BCUT2D eigenvalue weighted by Gasteiger charge is -2.16. The number of thiazole rings is 1. The fourth-order valence-electron chi connectivity index (χ4n) is 2.25. The van der Waals surface area contributed by atoms with Crippen LogP contribution in [0.25, 0.3) is 0 Å². The van der Waals surface area contributed by atoms with Crippen LogP contribution in [0.3, 0.4) is 0 Å². The molecule has 0 bridgehead atoms. The lowest BCUT2D eigenvalue weighted by atomic mass is 10.1. The van der Waals surface area contributed by atoms with Gasteiger partial charge < -0.3 is 10.2 Å². The number of nitrogens with one attached hydrogen (secondary N) is 1. The Balaban J connectivity index is 1.92. The zero-order valence-corrected chi connectivity index (χ0v) is 14.2. The number of hydrogen-bond donors (Lipinski definition) is 1. The largest absolute Gasteiger partial charge is 0.349 e. The molecule has 0 radical (unpaired) electrons. The summed E-state index contributed by atoms with van der Waals surface area (Å²) in [5, 5.41) is 4.70. The average Bonchev–Trinajstić information content (AvgIpc) is 2.96. The van der Waals surface area contributed by atoms with Gasteiger partial charge in [-0.15, -0.1) is 11.3 Å². The minimum absolute atomic E-state index is 0.351. The van der Waals surface area contributed by atoms with Crippen LogP contribution in [0.4, 0.5) is 5.13 Å². The summed E-state index contributed by atoms with van der Waals surface area (Å²) in [6, 6.07) is 9.07. The molecule has 1 heterocycles. The molecule has 2 rings (SSSR count). The van der Waals surface area contributed by atoms with E-state index in [4.69, 9.17) is 0 Å². The Morgan fingerprint density at radius 1 is 1.19 bits per heavy atom. The maximum atomic E-state index is 4.52. The van der Waals surface area contributed by atoms with Crippen LogP contribution in [0.1, 0.15) is 42.8 Å². The molecule has 114 valence electrons. The summed E-state index contributed by atoms with van der Waals surface area (Å²) >= 11 is 1.78. The third-order valence-electron chi connectivity index (χ3n) is 3.74. The van der Waals surface area contributed by atoms with E-state index in [1.54, 1.807) is 11.3 Å². The van der Waals surface area contributed by atoms with Gasteiger partial charge in [-0.05, 0) is 33.3 Å². The molecular weight excluding hydrogens is 278 g/mol. The number of aryl methyl sites for hydroxylation is 1.